The number of nitro groups is 1. The maximum atomic E-state index is 12.8. The normalized spacial score (nSPS) is 11.9. The molecule has 0 radical (unpaired) electrons. The number of para-hydroxylation sites is 1. The maximum Gasteiger partial charge on any atom is 0.269 e. The standard InChI is InChI=1S/C24H22N4O3/c1-27-16-22(20-4-2-3-5-23(20)27)21(18-6-8-19(9-7-18)28(30)31)14-24(29)26-15-17-10-12-25-13-11-17/h2-13,16,21H,14-15H2,1H3,(H,26,29). The Hall–Kier alpha value is -4.00. The summed E-state index contributed by atoms with van der Waals surface area (Å²) in [4.78, 5) is 27.5. The van der Waals surface area contributed by atoms with Crippen molar-refractivity contribution >= 4 is 22.5 Å². The van der Waals surface area contributed by atoms with Crippen LogP contribution >= 0.6 is 0 Å². The highest BCUT2D eigenvalue weighted by Gasteiger charge is 2.23. The molecule has 0 aliphatic carbocycles. The zero-order chi connectivity index (χ0) is 21.8. The number of nitro benzene ring substituents is 1. The predicted molar refractivity (Wildman–Crippen MR) is 119 cm³/mol. The minimum Gasteiger partial charge on any atom is -0.352 e. The second kappa shape index (κ2) is 8.79. The van der Waals surface area contributed by atoms with E-state index in [1.807, 2.05) is 54.2 Å². The molecule has 156 valence electrons. The molecule has 31 heavy (non-hydrogen) atoms. The number of non-ortho nitro benzene ring substituents is 1. The van der Waals surface area contributed by atoms with Crippen LogP contribution in [0, 0.1) is 10.1 Å². The molecule has 0 fully saturated rings. The van der Waals surface area contributed by atoms with E-state index in [1.165, 1.54) is 12.1 Å². The third kappa shape index (κ3) is 4.45. The van der Waals surface area contributed by atoms with E-state index in [1.54, 1.807) is 24.5 Å². The van der Waals surface area contributed by atoms with E-state index < -0.39 is 4.92 Å². The molecule has 0 bridgehead atoms. The molecular formula is C24H22N4O3. The number of pyridine rings is 1. The van der Waals surface area contributed by atoms with Gasteiger partial charge in [0.1, 0.15) is 0 Å². The summed E-state index contributed by atoms with van der Waals surface area (Å²) in [5.41, 5.74) is 3.96. The second-order valence-electron chi connectivity index (χ2n) is 7.45. The van der Waals surface area contributed by atoms with Crippen LogP contribution < -0.4 is 5.32 Å². The van der Waals surface area contributed by atoms with E-state index in [-0.39, 0.29) is 23.9 Å². The summed E-state index contributed by atoms with van der Waals surface area (Å²) in [6.45, 7) is 0.421. The van der Waals surface area contributed by atoms with Crippen LogP contribution in [0.5, 0.6) is 0 Å². The number of carbonyl (C=O) groups excluding carboxylic acids is 1. The van der Waals surface area contributed by atoms with Crippen LogP contribution in [-0.2, 0) is 18.4 Å². The van der Waals surface area contributed by atoms with Gasteiger partial charge in [0, 0.05) is 67.6 Å². The quantitative estimate of drug-likeness (QED) is 0.360. The van der Waals surface area contributed by atoms with Gasteiger partial charge in [0.2, 0.25) is 5.91 Å². The van der Waals surface area contributed by atoms with Gasteiger partial charge in [-0.05, 0) is 34.9 Å². The molecule has 0 aliphatic rings. The molecule has 7 heteroatoms. The molecule has 0 saturated heterocycles. The molecule has 1 amide bonds. The molecule has 2 aromatic heterocycles. The molecule has 1 atom stereocenters. The topological polar surface area (TPSA) is 90.1 Å². The minimum atomic E-state index is -0.419. The zero-order valence-electron chi connectivity index (χ0n) is 17.1. The molecule has 1 unspecified atom stereocenters. The van der Waals surface area contributed by atoms with Gasteiger partial charge in [0.05, 0.1) is 4.92 Å². The van der Waals surface area contributed by atoms with Crippen molar-refractivity contribution in [2.75, 3.05) is 0 Å². The van der Waals surface area contributed by atoms with E-state index >= 15 is 0 Å². The fourth-order valence-corrected chi connectivity index (χ4v) is 3.85. The molecule has 4 rings (SSSR count). The van der Waals surface area contributed by atoms with Crippen molar-refractivity contribution in [2.45, 2.75) is 18.9 Å². The summed E-state index contributed by atoms with van der Waals surface area (Å²) in [5, 5.41) is 15.1. The van der Waals surface area contributed by atoms with Crippen LogP contribution in [0.25, 0.3) is 10.9 Å². The molecule has 2 aromatic carbocycles. The number of carbonyl (C=O) groups is 1. The lowest BCUT2D eigenvalue weighted by molar-refractivity contribution is -0.384. The molecular weight excluding hydrogens is 392 g/mol. The highest BCUT2D eigenvalue weighted by molar-refractivity contribution is 5.86. The van der Waals surface area contributed by atoms with Crippen LogP contribution in [0.15, 0.2) is 79.3 Å². The first kappa shape index (κ1) is 20.3. The monoisotopic (exact) mass is 414 g/mol. The smallest absolute Gasteiger partial charge is 0.269 e. The van der Waals surface area contributed by atoms with Gasteiger partial charge in [-0.3, -0.25) is 19.9 Å². The SMILES string of the molecule is Cn1cc(C(CC(=O)NCc2ccncc2)c2ccc([N+](=O)[O-])cc2)c2ccccc21. The lowest BCUT2D eigenvalue weighted by Crippen LogP contribution is -2.25. The summed E-state index contributed by atoms with van der Waals surface area (Å²) in [5.74, 6) is -0.322. The first-order valence-electron chi connectivity index (χ1n) is 9.97. The number of aromatic nitrogens is 2. The average molecular weight is 414 g/mol. The van der Waals surface area contributed by atoms with Crippen LogP contribution in [0.1, 0.15) is 29.0 Å². The van der Waals surface area contributed by atoms with E-state index in [9.17, 15) is 14.9 Å². The number of fused-ring (bicyclic) bond motifs is 1. The Bertz CT molecular complexity index is 1220. The largest absolute Gasteiger partial charge is 0.352 e. The summed E-state index contributed by atoms with van der Waals surface area (Å²) in [7, 11) is 1.97. The van der Waals surface area contributed by atoms with Gasteiger partial charge in [-0.2, -0.15) is 0 Å². The molecule has 0 aliphatic heterocycles. The molecule has 1 N–H and O–H groups in total. The first-order chi connectivity index (χ1) is 15.0. The van der Waals surface area contributed by atoms with Gasteiger partial charge in [0.15, 0.2) is 0 Å². The van der Waals surface area contributed by atoms with Crippen LogP contribution in [0.4, 0.5) is 5.69 Å². The number of hydrogen-bond donors (Lipinski definition) is 1. The number of aryl methyl sites for hydroxylation is 1. The summed E-state index contributed by atoms with van der Waals surface area (Å²) in [6, 6.07) is 18.2. The Balaban J connectivity index is 1.65. The van der Waals surface area contributed by atoms with E-state index in [0.717, 1.165) is 27.6 Å². The predicted octanol–water partition coefficient (Wildman–Crippen LogP) is 4.32. The Morgan fingerprint density at radius 3 is 2.52 bits per heavy atom. The molecule has 0 spiro atoms. The number of nitrogens with one attached hydrogen (secondary N) is 1. The van der Waals surface area contributed by atoms with Crippen LogP contribution in [-0.4, -0.2) is 20.4 Å². The second-order valence-corrected chi connectivity index (χ2v) is 7.45. The van der Waals surface area contributed by atoms with Crippen molar-refractivity contribution in [2.24, 2.45) is 7.05 Å². The molecule has 4 aromatic rings. The third-order valence-electron chi connectivity index (χ3n) is 5.44. The van der Waals surface area contributed by atoms with E-state index in [0.29, 0.717) is 6.54 Å². The molecule has 2 heterocycles. The number of benzene rings is 2. The van der Waals surface area contributed by atoms with Crippen molar-refractivity contribution < 1.29 is 9.72 Å². The average Bonchev–Trinajstić information content (AvgIpc) is 3.13. The van der Waals surface area contributed by atoms with Crippen molar-refractivity contribution in [3.8, 4) is 0 Å². The van der Waals surface area contributed by atoms with Crippen molar-refractivity contribution in [3.05, 3.63) is 106 Å². The van der Waals surface area contributed by atoms with E-state index in [4.69, 9.17) is 0 Å². The maximum absolute atomic E-state index is 12.8. The minimum absolute atomic E-state index is 0.0301. The van der Waals surface area contributed by atoms with Crippen LogP contribution in [0.2, 0.25) is 0 Å². The molecule has 7 nitrogen and oxygen atoms in total. The number of nitrogens with zero attached hydrogens (tertiary/aromatic N) is 3. The summed E-state index contributed by atoms with van der Waals surface area (Å²) >= 11 is 0. The van der Waals surface area contributed by atoms with Gasteiger partial charge >= 0.3 is 0 Å². The van der Waals surface area contributed by atoms with Gasteiger partial charge in [-0.15, -0.1) is 0 Å². The van der Waals surface area contributed by atoms with Crippen molar-refractivity contribution in [3.63, 3.8) is 0 Å². The van der Waals surface area contributed by atoms with Gasteiger partial charge in [-0.1, -0.05) is 30.3 Å². The zero-order valence-corrected chi connectivity index (χ0v) is 17.1. The number of amides is 1. The summed E-state index contributed by atoms with van der Waals surface area (Å²) < 4.78 is 2.04. The summed E-state index contributed by atoms with van der Waals surface area (Å²) in [6.07, 6.45) is 5.65. The Morgan fingerprint density at radius 2 is 1.81 bits per heavy atom. The number of rotatable bonds is 7. The van der Waals surface area contributed by atoms with E-state index in [2.05, 4.69) is 10.3 Å². The number of hydrogen-bond acceptors (Lipinski definition) is 4. The highest BCUT2D eigenvalue weighted by atomic mass is 16.6. The van der Waals surface area contributed by atoms with Crippen molar-refractivity contribution in [1.29, 1.82) is 0 Å². The van der Waals surface area contributed by atoms with Gasteiger partial charge < -0.3 is 9.88 Å². The van der Waals surface area contributed by atoms with Crippen LogP contribution in [0.3, 0.4) is 0 Å². The Kier molecular flexibility index (Phi) is 5.75. The lowest BCUT2D eigenvalue weighted by atomic mass is 9.88. The van der Waals surface area contributed by atoms with Crippen molar-refractivity contribution in [1.82, 2.24) is 14.9 Å². The highest BCUT2D eigenvalue weighted by Crippen LogP contribution is 2.35. The Labute approximate surface area is 179 Å². The lowest BCUT2D eigenvalue weighted by Gasteiger charge is -2.17. The third-order valence-corrected chi connectivity index (χ3v) is 5.44. The van der Waals surface area contributed by atoms with Gasteiger partial charge in [-0.25, -0.2) is 0 Å². The molecule has 0 saturated carbocycles. The van der Waals surface area contributed by atoms with Gasteiger partial charge in [0.25, 0.3) is 5.69 Å². The Morgan fingerprint density at radius 1 is 1.10 bits per heavy atom. The fourth-order valence-electron chi connectivity index (χ4n) is 3.85. The fraction of sp³-hybridized carbons (Fsp3) is 0.167. The first-order valence-corrected chi connectivity index (χ1v) is 9.97.